The molecule has 1 unspecified atom stereocenters. The molecule has 100 valence electrons. The maximum atomic E-state index is 3.61. The molecule has 0 aliphatic carbocycles. The van der Waals surface area contributed by atoms with Crippen molar-refractivity contribution in [3.05, 3.63) is 27.7 Å². The summed E-state index contributed by atoms with van der Waals surface area (Å²) in [5, 5.41) is 3.61. The van der Waals surface area contributed by atoms with Crippen molar-refractivity contribution in [1.29, 1.82) is 0 Å². The minimum Gasteiger partial charge on any atom is -0.365 e. The summed E-state index contributed by atoms with van der Waals surface area (Å²) < 4.78 is 1.17. The maximum Gasteiger partial charge on any atom is 0.0429 e. The second-order valence-corrected chi connectivity index (χ2v) is 7.05. The third-order valence-electron chi connectivity index (χ3n) is 3.72. The summed E-state index contributed by atoms with van der Waals surface area (Å²) in [6.45, 7) is 13.3. The Morgan fingerprint density at radius 2 is 1.83 bits per heavy atom. The Hall–Kier alpha value is -0.540. The van der Waals surface area contributed by atoms with Gasteiger partial charge in [-0.2, -0.15) is 0 Å². The molecule has 0 bridgehead atoms. The first-order chi connectivity index (χ1) is 8.30. The molecule has 1 saturated heterocycles. The summed E-state index contributed by atoms with van der Waals surface area (Å²) in [6, 6.07) is 4.96. The molecule has 18 heavy (non-hydrogen) atoms. The Morgan fingerprint density at radius 3 is 2.39 bits per heavy atom. The highest BCUT2D eigenvalue weighted by Gasteiger charge is 2.31. The van der Waals surface area contributed by atoms with Crippen LogP contribution in [0.3, 0.4) is 0 Å². The smallest absolute Gasteiger partial charge is 0.0429 e. The molecule has 1 aliphatic heterocycles. The minimum absolute atomic E-state index is 0.179. The van der Waals surface area contributed by atoms with Crippen molar-refractivity contribution in [1.82, 2.24) is 5.32 Å². The van der Waals surface area contributed by atoms with Gasteiger partial charge in [-0.25, -0.2) is 0 Å². The van der Waals surface area contributed by atoms with E-state index in [9.17, 15) is 0 Å². The normalized spacial score (nSPS) is 23.2. The van der Waals surface area contributed by atoms with E-state index in [0.717, 1.165) is 13.1 Å². The van der Waals surface area contributed by atoms with Crippen LogP contribution < -0.4 is 10.2 Å². The Balaban J connectivity index is 2.41. The van der Waals surface area contributed by atoms with Crippen molar-refractivity contribution in [3.8, 4) is 0 Å². The van der Waals surface area contributed by atoms with Crippen LogP contribution >= 0.6 is 15.9 Å². The molecule has 0 saturated carbocycles. The maximum absolute atomic E-state index is 3.61. The molecule has 1 atom stereocenters. The highest BCUT2D eigenvalue weighted by molar-refractivity contribution is 9.10. The molecule has 1 aromatic rings. The lowest BCUT2D eigenvalue weighted by atomic mass is 9.96. The van der Waals surface area contributed by atoms with Crippen molar-refractivity contribution in [2.45, 2.75) is 46.2 Å². The highest BCUT2D eigenvalue weighted by Crippen LogP contribution is 2.32. The van der Waals surface area contributed by atoms with Crippen molar-refractivity contribution in [2.75, 3.05) is 18.0 Å². The Morgan fingerprint density at radius 1 is 1.28 bits per heavy atom. The van der Waals surface area contributed by atoms with E-state index in [4.69, 9.17) is 0 Å². The molecule has 2 rings (SSSR count). The summed E-state index contributed by atoms with van der Waals surface area (Å²) in [7, 11) is 0. The molecule has 1 heterocycles. The van der Waals surface area contributed by atoms with Crippen LogP contribution in [0.15, 0.2) is 16.6 Å². The van der Waals surface area contributed by atoms with Gasteiger partial charge in [-0.3, -0.25) is 0 Å². The van der Waals surface area contributed by atoms with E-state index in [-0.39, 0.29) is 5.54 Å². The Kier molecular flexibility index (Phi) is 3.75. The molecule has 1 N–H and O–H groups in total. The van der Waals surface area contributed by atoms with E-state index < -0.39 is 0 Å². The zero-order valence-corrected chi connectivity index (χ0v) is 13.6. The molecule has 1 aliphatic rings. The molecule has 3 heteroatoms. The van der Waals surface area contributed by atoms with Crippen molar-refractivity contribution >= 4 is 21.6 Å². The molecule has 2 nitrogen and oxygen atoms in total. The van der Waals surface area contributed by atoms with Crippen LogP contribution in [-0.4, -0.2) is 24.7 Å². The fourth-order valence-electron chi connectivity index (χ4n) is 2.83. The molecule has 1 fully saturated rings. The van der Waals surface area contributed by atoms with E-state index in [2.05, 4.69) is 72.9 Å². The predicted octanol–water partition coefficient (Wildman–Crippen LogP) is 3.64. The molecule has 0 spiro atoms. The summed E-state index contributed by atoms with van der Waals surface area (Å²) >= 11 is 3.58. The molecule has 1 aromatic carbocycles. The number of benzene rings is 1. The van der Waals surface area contributed by atoms with Gasteiger partial charge in [-0.1, -0.05) is 15.9 Å². The number of aryl methyl sites for hydroxylation is 2. The second kappa shape index (κ2) is 4.86. The van der Waals surface area contributed by atoms with E-state index in [1.165, 1.54) is 21.3 Å². The first kappa shape index (κ1) is 13.9. The summed E-state index contributed by atoms with van der Waals surface area (Å²) in [4.78, 5) is 2.55. The average molecular weight is 311 g/mol. The first-order valence-corrected chi connectivity index (χ1v) is 7.38. The number of rotatable bonds is 1. The number of nitrogens with one attached hydrogen (secondary N) is 1. The largest absolute Gasteiger partial charge is 0.365 e. The van der Waals surface area contributed by atoms with Crippen LogP contribution in [0.1, 0.15) is 31.9 Å². The number of nitrogens with zero attached hydrogens (tertiary/aromatic N) is 1. The topological polar surface area (TPSA) is 15.3 Å². The third kappa shape index (κ3) is 2.72. The van der Waals surface area contributed by atoms with Crippen molar-refractivity contribution in [2.24, 2.45) is 0 Å². The molecular weight excluding hydrogens is 288 g/mol. The predicted molar refractivity (Wildman–Crippen MR) is 82.5 cm³/mol. The molecule has 0 aromatic heterocycles. The van der Waals surface area contributed by atoms with Crippen LogP contribution in [0.2, 0.25) is 0 Å². The zero-order chi connectivity index (χ0) is 13.5. The number of anilines is 1. The van der Waals surface area contributed by atoms with Gasteiger partial charge in [-0.05, 0) is 57.9 Å². The SMILES string of the molecule is Cc1cc(Br)cc(C)c1N1CC(C)(C)NCC1C. The summed E-state index contributed by atoms with van der Waals surface area (Å²) in [5.74, 6) is 0. The number of halogens is 1. The first-order valence-electron chi connectivity index (χ1n) is 6.58. The van der Waals surface area contributed by atoms with Gasteiger partial charge in [0.1, 0.15) is 0 Å². The van der Waals surface area contributed by atoms with E-state index >= 15 is 0 Å². The number of piperazine rings is 1. The van der Waals surface area contributed by atoms with Gasteiger partial charge in [0.15, 0.2) is 0 Å². The van der Waals surface area contributed by atoms with Gasteiger partial charge in [-0.15, -0.1) is 0 Å². The van der Waals surface area contributed by atoms with Gasteiger partial charge in [0, 0.05) is 34.8 Å². The average Bonchev–Trinajstić information content (AvgIpc) is 2.21. The van der Waals surface area contributed by atoms with Crippen LogP contribution in [0.5, 0.6) is 0 Å². The minimum atomic E-state index is 0.179. The summed E-state index contributed by atoms with van der Waals surface area (Å²) in [5.41, 5.74) is 4.29. The second-order valence-electron chi connectivity index (χ2n) is 6.13. The third-order valence-corrected chi connectivity index (χ3v) is 4.17. The Labute approximate surface area is 119 Å². The lowest BCUT2D eigenvalue weighted by Crippen LogP contribution is -2.61. The van der Waals surface area contributed by atoms with E-state index in [1.54, 1.807) is 0 Å². The zero-order valence-electron chi connectivity index (χ0n) is 12.0. The van der Waals surface area contributed by atoms with Gasteiger partial charge in [0.25, 0.3) is 0 Å². The van der Waals surface area contributed by atoms with Crippen molar-refractivity contribution < 1.29 is 0 Å². The lowest BCUT2D eigenvalue weighted by molar-refractivity contribution is 0.318. The van der Waals surface area contributed by atoms with Crippen LogP contribution in [0.25, 0.3) is 0 Å². The Bertz CT molecular complexity index is 431. The van der Waals surface area contributed by atoms with Gasteiger partial charge in [0.05, 0.1) is 0 Å². The standard InChI is InChI=1S/C15H23BrN2/c1-10-6-13(16)7-11(2)14(10)18-9-15(4,5)17-8-12(18)3/h6-7,12,17H,8-9H2,1-5H3. The monoisotopic (exact) mass is 310 g/mol. The lowest BCUT2D eigenvalue weighted by Gasteiger charge is -2.45. The number of hydrogen-bond donors (Lipinski definition) is 1. The van der Waals surface area contributed by atoms with E-state index in [0.29, 0.717) is 6.04 Å². The van der Waals surface area contributed by atoms with Gasteiger partial charge < -0.3 is 10.2 Å². The van der Waals surface area contributed by atoms with Gasteiger partial charge >= 0.3 is 0 Å². The number of hydrogen-bond acceptors (Lipinski definition) is 2. The van der Waals surface area contributed by atoms with Gasteiger partial charge in [0.2, 0.25) is 0 Å². The summed E-state index contributed by atoms with van der Waals surface area (Å²) in [6.07, 6.45) is 0. The fourth-order valence-corrected chi connectivity index (χ4v) is 3.51. The fraction of sp³-hybridized carbons (Fsp3) is 0.600. The van der Waals surface area contributed by atoms with Crippen LogP contribution in [0, 0.1) is 13.8 Å². The quantitative estimate of drug-likeness (QED) is 0.852. The molecular formula is C15H23BrN2. The van der Waals surface area contributed by atoms with Crippen LogP contribution in [0.4, 0.5) is 5.69 Å². The molecule has 0 radical (unpaired) electrons. The van der Waals surface area contributed by atoms with Crippen LogP contribution in [-0.2, 0) is 0 Å². The highest BCUT2D eigenvalue weighted by atomic mass is 79.9. The van der Waals surface area contributed by atoms with Crippen molar-refractivity contribution in [3.63, 3.8) is 0 Å². The molecule has 0 amide bonds. The van der Waals surface area contributed by atoms with E-state index in [1.807, 2.05) is 0 Å².